The molecule has 1 aromatic carbocycles. The van der Waals surface area contributed by atoms with E-state index in [1.165, 1.54) is 10.5 Å². The molecule has 11 heteroatoms. The Labute approximate surface area is 162 Å². The van der Waals surface area contributed by atoms with E-state index >= 15 is 0 Å². The van der Waals surface area contributed by atoms with E-state index in [9.17, 15) is 31.2 Å². The molecule has 3 aromatic rings. The Bertz CT molecular complexity index is 1250. The fourth-order valence-electron chi connectivity index (χ4n) is 2.46. The third-order valence-electron chi connectivity index (χ3n) is 3.92. The lowest BCUT2D eigenvalue weighted by Crippen LogP contribution is -2.23. The van der Waals surface area contributed by atoms with Gasteiger partial charge in [0.15, 0.2) is 0 Å². The molecule has 2 heterocycles. The molecule has 152 valence electrons. The number of fused-ring (bicyclic) bond motifs is 1. The third-order valence-corrected chi connectivity index (χ3v) is 5.42. The summed E-state index contributed by atoms with van der Waals surface area (Å²) in [5, 5.41) is 0. The van der Waals surface area contributed by atoms with Gasteiger partial charge in [-0.2, -0.15) is 13.2 Å². The second-order valence-electron chi connectivity index (χ2n) is 6.07. The summed E-state index contributed by atoms with van der Waals surface area (Å²) < 4.78 is 66.6. The minimum atomic E-state index is -5.50. The summed E-state index contributed by atoms with van der Waals surface area (Å²) in [7, 11) is -5.50. The molecule has 0 atom stereocenters. The molecule has 0 aliphatic carbocycles. The standard InChI is InChI=1S/C18H13F3N2O5S/c1-11-2-7-15-22-13(8-16(24)23(15)9-11)10-28-17(25)12-3-5-14(6-4-12)29(26,27)18(19,20)21/h2-9H,10H2,1H3. The molecule has 7 nitrogen and oxygen atoms in total. The van der Waals surface area contributed by atoms with Crippen molar-refractivity contribution in [1.82, 2.24) is 9.38 Å². The monoisotopic (exact) mass is 426 g/mol. The number of aryl methyl sites for hydroxylation is 1. The average Bonchev–Trinajstić information content (AvgIpc) is 2.66. The number of nitrogens with zero attached hydrogens (tertiary/aromatic N) is 2. The van der Waals surface area contributed by atoms with Crippen LogP contribution in [0.25, 0.3) is 5.65 Å². The van der Waals surface area contributed by atoms with Crippen molar-refractivity contribution < 1.29 is 31.1 Å². The summed E-state index contributed by atoms with van der Waals surface area (Å²) in [5.74, 6) is -0.910. The summed E-state index contributed by atoms with van der Waals surface area (Å²) in [5.41, 5.74) is -4.56. The first-order chi connectivity index (χ1) is 13.5. The van der Waals surface area contributed by atoms with E-state index in [1.807, 2.05) is 6.92 Å². The van der Waals surface area contributed by atoms with Crippen LogP contribution in [-0.4, -0.2) is 29.3 Å². The van der Waals surface area contributed by atoms with Gasteiger partial charge in [-0.3, -0.25) is 9.20 Å². The van der Waals surface area contributed by atoms with Crippen molar-refractivity contribution >= 4 is 21.5 Å². The van der Waals surface area contributed by atoms with Gasteiger partial charge in [0.05, 0.1) is 16.2 Å². The van der Waals surface area contributed by atoms with E-state index in [2.05, 4.69) is 4.98 Å². The highest BCUT2D eigenvalue weighted by Gasteiger charge is 2.46. The highest BCUT2D eigenvalue weighted by Crippen LogP contribution is 2.30. The number of alkyl halides is 3. The van der Waals surface area contributed by atoms with Gasteiger partial charge in [0.25, 0.3) is 15.4 Å². The van der Waals surface area contributed by atoms with Crippen LogP contribution in [0, 0.1) is 6.92 Å². The summed E-state index contributed by atoms with van der Waals surface area (Å²) in [6, 6.07) is 7.73. The maximum atomic E-state index is 12.5. The topological polar surface area (TPSA) is 94.8 Å². The number of hydrogen-bond donors (Lipinski definition) is 0. The van der Waals surface area contributed by atoms with Crippen LogP contribution in [0.15, 0.2) is 58.4 Å². The molecule has 0 saturated heterocycles. The van der Waals surface area contributed by atoms with Crippen LogP contribution in [0.4, 0.5) is 13.2 Å². The lowest BCUT2D eigenvalue weighted by atomic mass is 10.2. The van der Waals surface area contributed by atoms with Gasteiger partial charge < -0.3 is 4.74 Å². The Morgan fingerprint density at radius 3 is 2.41 bits per heavy atom. The van der Waals surface area contributed by atoms with Crippen molar-refractivity contribution in [2.24, 2.45) is 0 Å². The Kier molecular flexibility index (Phi) is 5.18. The molecule has 0 bridgehead atoms. The van der Waals surface area contributed by atoms with E-state index in [0.717, 1.165) is 17.7 Å². The highest BCUT2D eigenvalue weighted by atomic mass is 32.2. The van der Waals surface area contributed by atoms with Crippen molar-refractivity contribution in [1.29, 1.82) is 0 Å². The first kappa shape index (κ1) is 20.5. The van der Waals surface area contributed by atoms with E-state index in [-0.39, 0.29) is 23.4 Å². The van der Waals surface area contributed by atoms with Gasteiger partial charge in [-0.15, -0.1) is 0 Å². The fraction of sp³-hybridized carbons (Fsp3) is 0.167. The van der Waals surface area contributed by atoms with Gasteiger partial charge in [0.1, 0.15) is 12.3 Å². The predicted octanol–water partition coefficient (Wildman–Crippen LogP) is 2.65. The molecule has 0 saturated carbocycles. The predicted molar refractivity (Wildman–Crippen MR) is 95.0 cm³/mol. The van der Waals surface area contributed by atoms with Crippen LogP contribution in [-0.2, 0) is 21.2 Å². The van der Waals surface area contributed by atoms with Crippen molar-refractivity contribution in [3.63, 3.8) is 0 Å². The number of hydrogen-bond acceptors (Lipinski definition) is 6. The van der Waals surface area contributed by atoms with E-state index in [1.54, 1.807) is 18.3 Å². The van der Waals surface area contributed by atoms with Crippen molar-refractivity contribution in [2.45, 2.75) is 23.9 Å². The van der Waals surface area contributed by atoms with E-state index < -0.39 is 26.2 Å². The molecule has 0 spiro atoms. The number of sulfone groups is 1. The molecule has 0 aliphatic rings. The smallest absolute Gasteiger partial charge is 0.456 e. The van der Waals surface area contributed by atoms with Gasteiger partial charge in [-0.1, -0.05) is 6.07 Å². The number of carbonyl (C=O) groups is 1. The molecule has 0 amide bonds. The molecule has 2 aromatic heterocycles. The van der Waals surface area contributed by atoms with Gasteiger partial charge in [-0.05, 0) is 42.8 Å². The maximum Gasteiger partial charge on any atom is 0.501 e. The van der Waals surface area contributed by atoms with Crippen LogP contribution >= 0.6 is 0 Å². The zero-order chi connectivity index (χ0) is 21.4. The second kappa shape index (κ2) is 7.32. The number of rotatable bonds is 4. The quantitative estimate of drug-likeness (QED) is 0.596. The zero-order valence-corrected chi connectivity index (χ0v) is 15.6. The maximum absolute atomic E-state index is 12.5. The lowest BCUT2D eigenvalue weighted by molar-refractivity contribution is -0.0436. The summed E-state index contributed by atoms with van der Waals surface area (Å²) in [6.07, 6.45) is 1.61. The SMILES string of the molecule is Cc1ccc2nc(COC(=O)c3ccc(S(=O)(=O)C(F)(F)F)cc3)cc(=O)n2c1. The molecule has 0 aliphatic heterocycles. The number of aromatic nitrogens is 2. The van der Waals surface area contributed by atoms with Crippen molar-refractivity contribution in [2.75, 3.05) is 0 Å². The average molecular weight is 426 g/mol. The normalized spacial score (nSPS) is 12.1. The first-order valence-corrected chi connectivity index (χ1v) is 9.55. The van der Waals surface area contributed by atoms with Gasteiger partial charge in [-0.25, -0.2) is 18.2 Å². The summed E-state index contributed by atoms with van der Waals surface area (Å²) >= 11 is 0. The van der Waals surface area contributed by atoms with Gasteiger partial charge in [0.2, 0.25) is 0 Å². The van der Waals surface area contributed by atoms with Gasteiger partial charge >= 0.3 is 11.5 Å². The molecule has 3 rings (SSSR count). The minimum Gasteiger partial charge on any atom is -0.456 e. The number of ether oxygens (including phenoxy) is 1. The Hall–Kier alpha value is -3.21. The third kappa shape index (κ3) is 4.14. The molecular formula is C18H13F3N2O5S. The summed E-state index contributed by atoms with van der Waals surface area (Å²) in [4.78, 5) is 27.4. The molecule has 0 unspecified atom stereocenters. The first-order valence-electron chi connectivity index (χ1n) is 8.06. The van der Waals surface area contributed by atoms with Crippen molar-refractivity contribution in [3.8, 4) is 0 Å². The number of pyridine rings is 1. The molecule has 29 heavy (non-hydrogen) atoms. The number of benzene rings is 1. The molecular weight excluding hydrogens is 413 g/mol. The number of carbonyl (C=O) groups excluding carboxylic acids is 1. The van der Waals surface area contributed by atoms with Crippen molar-refractivity contribution in [3.05, 3.63) is 75.8 Å². The Morgan fingerprint density at radius 1 is 1.14 bits per heavy atom. The number of halogens is 3. The Balaban J connectivity index is 1.75. The van der Waals surface area contributed by atoms with Crippen LogP contribution < -0.4 is 5.56 Å². The van der Waals surface area contributed by atoms with Crippen LogP contribution in [0.1, 0.15) is 21.6 Å². The molecule has 0 fully saturated rings. The summed E-state index contributed by atoms with van der Waals surface area (Å²) in [6.45, 7) is 1.47. The number of esters is 1. The minimum absolute atomic E-state index is 0.153. The second-order valence-corrected chi connectivity index (χ2v) is 8.01. The van der Waals surface area contributed by atoms with E-state index in [0.29, 0.717) is 17.8 Å². The Morgan fingerprint density at radius 2 is 1.79 bits per heavy atom. The van der Waals surface area contributed by atoms with E-state index in [4.69, 9.17) is 4.74 Å². The van der Waals surface area contributed by atoms with Gasteiger partial charge in [0, 0.05) is 12.3 Å². The highest BCUT2D eigenvalue weighted by molar-refractivity contribution is 7.92. The van der Waals surface area contributed by atoms with Crippen LogP contribution in [0.2, 0.25) is 0 Å². The van der Waals surface area contributed by atoms with Crippen LogP contribution in [0.5, 0.6) is 0 Å². The molecule has 0 radical (unpaired) electrons. The fourth-order valence-corrected chi connectivity index (χ4v) is 3.22. The lowest BCUT2D eigenvalue weighted by Gasteiger charge is -2.09. The largest absolute Gasteiger partial charge is 0.501 e. The molecule has 0 N–H and O–H groups in total. The zero-order valence-electron chi connectivity index (χ0n) is 14.8. The van der Waals surface area contributed by atoms with Crippen LogP contribution in [0.3, 0.4) is 0 Å².